The first-order chi connectivity index (χ1) is 10.4. The smallest absolute Gasteiger partial charge is 0.135 e. The highest BCUT2D eigenvalue weighted by Gasteiger charge is 2.12. The van der Waals surface area contributed by atoms with Crippen LogP contribution < -0.4 is 0 Å². The minimum absolute atomic E-state index is 0.926. The summed E-state index contributed by atoms with van der Waals surface area (Å²) in [4.78, 5) is 0. The second-order valence-electron chi connectivity index (χ2n) is 5.06. The fraction of sp³-hybridized carbons (Fsp3) is 0. The van der Waals surface area contributed by atoms with Crippen molar-refractivity contribution >= 4 is 11.0 Å². The van der Waals surface area contributed by atoms with Gasteiger partial charge in [-0.05, 0) is 22.8 Å². The van der Waals surface area contributed by atoms with Crippen LogP contribution in [0.3, 0.4) is 0 Å². The van der Waals surface area contributed by atoms with Crippen molar-refractivity contribution in [2.24, 2.45) is 0 Å². The van der Waals surface area contributed by atoms with Crippen LogP contribution in [0.5, 0.6) is 0 Å². The quantitative estimate of drug-likeness (QED) is 0.451. The summed E-state index contributed by atoms with van der Waals surface area (Å²) in [5.74, 6) is 0. The lowest BCUT2D eigenvalue weighted by Crippen LogP contribution is -1.81. The molecule has 1 heterocycles. The van der Waals surface area contributed by atoms with E-state index >= 15 is 0 Å². The van der Waals surface area contributed by atoms with Gasteiger partial charge in [0, 0.05) is 10.9 Å². The summed E-state index contributed by atoms with van der Waals surface area (Å²) >= 11 is 0. The largest absolute Gasteiger partial charge is 0.464 e. The minimum atomic E-state index is 0.926. The topological polar surface area (TPSA) is 13.1 Å². The van der Waals surface area contributed by atoms with Crippen LogP contribution in [0.15, 0.2) is 89.5 Å². The molecule has 21 heavy (non-hydrogen) atoms. The van der Waals surface area contributed by atoms with E-state index in [1.54, 1.807) is 0 Å². The van der Waals surface area contributed by atoms with Crippen molar-refractivity contribution in [1.82, 2.24) is 0 Å². The Morgan fingerprint density at radius 1 is 0.524 bits per heavy atom. The third-order valence-electron chi connectivity index (χ3n) is 3.77. The predicted molar refractivity (Wildman–Crippen MR) is 87.1 cm³/mol. The Hall–Kier alpha value is -2.80. The van der Waals surface area contributed by atoms with Gasteiger partial charge < -0.3 is 4.42 Å². The van der Waals surface area contributed by atoms with E-state index in [0.717, 1.165) is 11.1 Å². The Morgan fingerprint density at radius 2 is 1.14 bits per heavy atom. The van der Waals surface area contributed by atoms with Crippen LogP contribution in [0.1, 0.15) is 0 Å². The van der Waals surface area contributed by atoms with Gasteiger partial charge in [-0.15, -0.1) is 0 Å². The summed E-state index contributed by atoms with van der Waals surface area (Å²) in [5.41, 5.74) is 5.67. The van der Waals surface area contributed by atoms with Gasteiger partial charge in [-0.2, -0.15) is 0 Å². The van der Waals surface area contributed by atoms with E-state index in [4.69, 9.17) is 4.42 Å². The van der Waals surface area contributed by atoms with Gasteiger partial charge in [-0.1, -0.05) is 72.8 Å². The normalized spacial score (nSPS) is 10.9. The molecule has 0 aliphatic heterocycles. The van der Waals surface area contributed by atoms with E-state index < -0.39 is 0 Å². The standard InChI is InChI=1S/C20H14O/c1-3-8-15(9-4-1)17-12-7-13-19-20(17)18(14-21-19)16-10-5-2-6-11-16/h1-14H. The van der Waals surface area contributed by atoms with Crippen molar-refractivity contribution in [3.63, 3.8) is 0 Å². The molecule has 0 spiro atoms. The molecule has 3 aromatic carbocycles. The number of fused-ring (bicyclic) bond motifs is 1. The maximum absolute atomic E-state index is 5.77. The Bertz CT molecular complexity index is 874. The van der Waals surface area contributed by atoms with Gasteiger partial charge in [-0.25, -0.2) is 0 Å². The van der Waals surface area contributed by atoms with Crippen LogP contribution in [0, 0.1) is 0 Å². The minimum Gasteiger partial charge on any atom is -0.464 e. The zero-order valence-electron chi connectivity index (χ0n) is 11.5. The molecule has 1 nitrogen and oxygen atoms in total. The lowest BCUT2D eigenvalue weighted by molar-refractivity contribution is 0.617. The summed E-state index contributed by atoms with van der Waals surface area (Å²) < 4.78 is 5.77. The molecule has 0 bridgehead atoms. The SMILES string of the molecule is c1ccc(-c2cccc3occ(-c4ccccc4)c23)cc1. The van der Waals surface area contributed by atoms with Gasteiger partial charge in [0.2, 0.25) is 0 Å². The molecule has 1 heteroatoms. The van der Waals surface area contributed by atoms with E-state index in [-0.39, 0.29) is 0 Å². The van der Waals surface area contributed by atoms with E-state index in [9.17, 15) is 0 Å². The van der Waals surface area contributed by atoms with E-state index in [1.165, 1.54) is 22.1 Å². The Labute approximate surface area is 123 Å². The lowest BCUT2D eigenvalue weighted by atomic mass is 9.96. The molecular formula is C20H14O. The number of hydrogen-bond acceptors (Lipinski definition) is 1. The highest BCUT2D eigenvalue weighted by Crippen LogP contribution is 2.37. The number of benzene rings is 3. The first kappa shape index (κ1) is 12.0. The number of rotatable bonds is 2. The average Bonchev–Trinajstić information content (AvgIpc) is 3.00. The van der Waals surface area contributed by atoms with Crippen molar-refractivity contribution in [2.45, 2.75) is 0 Å². The Morgan fingerprint density at radius 3 is 1.81 bits per heavy atom. The molecule has 0 fully saturated rings. The van der Waals surface area contributed by atoms with Crippen molar-refractivity contribution in [3.05, 3.63) is 85.1 Å². The van der Waals surface area contributed by atoms with Crippen LogP contribution in [0.25, 0.3) is 33.2 Å². The van der Waals surface area contributed by atoms with E-state index in [0.29, 0.717) is 0 Å². The van der Waals surface area contributed by atoms with Gasteiger partial charge in [0.1, 0.15) is 5.58 Å². The van der Waals surface area contributed by atoms with Crippen LogP contribution >= 0.6 is 0 Å². The van der Waals surface area contributed by atoms with Crippen LogP contribution in [0.2, 0.25) is 0 Å². The molecule has 4 rings (SSSR count). The maximum Gasteiger partial charge on any atom is 0.135 e. The molecule has 0 atom stereocenters. The van der Waals surface area contributed by atoms with Gasteiger partial charge in [0.15, 0.2) is 0 Å². The van der Waals surface area contributed by atoms with Gasteiger partial charge in [-0.3, -0.25) is 0 Å². The molecule has 0 saturated heterocycles. The molecule has 0 saturated carbocycles. The second-order valence-corrected chi connectivity index (χ2v) is 5.06. The summed E-state index contributed by atoms with van der Waals surface area (Å²) in [7, 11) is 0. The molecule has 0 N–H and O–H groups in total. The van der Waals surface area contributed by atoms with Crippen molar-refractivity contribution in [3.8, 4) is 22.3 Å². The molecule has 0 radical (unpaired) electrons. The van der Waals surface area contributed by atoms with Crippen LogP contribution in [-0.4, -0.2) is 0 Å². The Kier molecular flexibility index (Phi) is 2.82. The molecule has 100 valence electrons. The second kappa shape index (κ2) is 4.95. The summed E-state index contributed by atoms with van der Waals surface area (Å²) in [6.45, 7) is 0. The van der Waals surface area contributed by atoms with Crippen molar-refractivity contribution < 1.29 is 4.42 Å². The monoisotopic (exact) mass is 270 g/mol. The summed E-state index contributed by atoms with van der Waals surface area (Å²) in [5, 5.41) is 1.18. The molecule has 0 aliphatic carbocycles. The van der Waals surface area contributed by atoms with Crippen LogP contribution in [-0.2, 0) is 0 Å². The molecule has 1 aromatic heterocycles. The highest BCUT2D eigenvalue weighted by atomic mass is 16.3. The third kappa shape index (κ3) is 2.03. The summed E-state index contributed by atoms with van der Waals surface area (Å²) in [6, 6.07) is 27.0. The summed E-state index contributed by atoms with van der Waals surface area (Å²) in [6.07, 6.45) is 1.85. The molecule has 0 unspecified atom stereocenters. The molecule has 4 aromatic rings. The average molecular weight is 270 g/mol. The number of furan rings is 1. The van der Waals surface area contributed by atoms with Crippen LogP contribution in [0.4, 0.5) is 0 Å². The molecule has 0 aliphatic rings. The maximum atomic E-state index is 5.77. The van der Waals surface area contributed by atoms with Crippen molar-refractivity contribution in [2.75, 3.05) is 0 Å². The third-order valence-corrected chi connectivity index (χ3v) is 3.77. The van der Waals surface area contributed by atoms with Crippen molar-refractivity contribution in [1.29, 1.82) is 0 Å². The van der Waals surface area contributed by atoms with Gasteiger partial charge in [0.25, 0.3) is 0 Å². The van der Waals surface area contributed by atoms with E-state index in [2.05, 4.69) is 54.6 Å². The predicted octanol–water partition coefficient (Wildman–Crippen LogP) is 5.77. The molecule has 0 amide bonds. The van der Waals surface area contributed by atoms with E-state index in [1.807, 2.05) is 30.5 Å². The fourth-order valence-electron chi connectivity index (χ4n) is 2.78. The fourth-order valence-corrected chi connectivity index (χ4v) is 2.78. The number of hydrogen-bond donors (Lipinski definition) is 0. The lowest BCUT2D eigenvalue weighted by Gasteiger charge is -2.05. The van der Waals surface area contributed by atoms with Gasteiger partial charge in [0.05, 0.1) is 6.26 Å². The first-order valence-corrected chi connectivity index (χ1v) is 7.04. The zero-order chi connectivity index (χ0) is 14.1. The molecular weight excluding hydrogens is 256 g/mol. The van der Waals surface area contributed by atoms with Gasteiger partial charge >= 0.3 is 0 Å². The Balaban J connectivity index is 2.03. The first-order valence-electron chi connectivity index (χ1n) is 7.04. The zero-order valence-corrected chi connectivity index (χ0v) is 11.5. The highest BCUT2D eigenvalue weighted by molar-refractivity contribution is 6.04.